The molecule has 0 saturated carbocycles. The van der Waals surface area contributed by atoms with Gasteiger partial charge < -0.3 is 5.73 Å². The van der Waals surface area contributed by atoms with E-state index in [-0.39, 0.29) is 17.5 Å². The normalized spacial score (nSPS) is 21.1. The molecule has 2 heterocycles. The first-order valence-corrected chi connectivity index (χ1v) is 8.87. The summed E-state index contributed by atoms with van der Waals surface area (Å²) in [6.45, 7) is 0. The third-order valence-corrected chi connectivity index (χ3v) is 5.68. The van der Waals surface area contributed by atoms with Crippen molar-refractivity contribution >= 4 is 31.5 Å². The van der Waals surface area contributed by atoms with Gasteiger partial charge in [-0.15, -0.1) is 0 Å². The van der Waals surface area contributed by atoms with Gasteiger partial charge in [-0.25, -0.2) is 8.42 Å². The predicted octanol–water partition coefficient (Wildman–Crippen LogP) is 2.25. The largest absolute Gasteiger partial charge is 0.396 e. The summed E-state index contributed by atoms with van der Waals surface area (Å²) >= 11 is 3.42. The molecule has 1 aromatic heterocycles. The molecule has 1 saturated heterocycles. The number of aromatic nitrogens is 2. The fourth-order valence-corrected chi connectivity index (χ4v) is 4.54. The van der Waals surface area contributed by atoms with Crippen LogP contribution in [0.1, 0.15) is 12.5 Å². The number of benzene rings is 1. The van der Waals surface area contributed by atoms with E-state index in [9.17, 15) is 8.42 Å². The average molecular weight is 356 g/mol. The highest BCUT2D eigenvalue weighted by Gasteiger charge is 2.30. The maximum atomic E-state index is 11.5. The highest BCUT2D eigenvalue weighted by molar-refractivity contribution is 9.10. The standard InChI is InChI=1S/C13H14BrN3O2S/c14-10-3-1-2-9(6-10)13-12(15)7-17(16-13)11-4-5-20(18,19)8-11/h1-3,6-7,11H,4-5,8,15H2. The Morgan fingerprint density at radius 3 is 2.85 bits per heavy atom. The Hall–Kier alpha value is -1.34. The summed E-state index contributed by atoms with van der Waals surface area (Å²) in [4.78, 5) is 0. The minimum Gasteiger partial charge on any atom is -0.396 e. The number of nitrogen functional groups attached to an aromatic ring is 1. The van der Waals surface area contributed by atoms with E-state index in [2.05, 4.69) is 21.0 Å². The van der Waals surface area contributed by atoms with E-state index in [1.165, 1.54) is 0 Å². The lowest BCUT2D eigenvalue weighted by Gasteiger charge is -2.07. The van der Waals surface area contributed by atoms with Crippen molar-refractivity contribution in [3.8, 4) is 11.3 Å². The fourth-order valence-electron chi connectivity index (χ4n) is 2.44. The molecule has 1 aliphatic rings. The van der Waals surface area contributed by atoms with Gasteiger partial charge in [-0.2, -0.15) is 5.10 Å². The Morgan fingerprint density at radius 1 is 1.40 bits per heavy atom. The third-order valence-electron chi connectivity index (χ3n) is 3.44. The molecule has 0 radical (unpaired) electrons. The van der Waals surface area contributed by atoms with Crippen molar-refractivity contribution in [3.63, 3.8) is 0 Å². The van der Waals surface area contributed by atoms with Crippen LogP contribution < -0.4 is 5.73 Å². The maximum absolute atomic E-state index is 11.5. The summed E-state index contributed by atoms with van der Waals surface area (Å²) in [7, 11) is -2.93. The van der Waals surface area contributed by atoms with Crippen molar-refractivity contribution in [2.45, 2.75) is 12.5 Å². The molecule has 0 amide bonds. The highest BCUT2D eigenvalue weighted by Crippen LogP contribution is 2.30. The third kappa shape index (κ3) is 2.60. The summed E-state index contributed by atoms with van der Waals surface area (Å²) in [6.07, 6.45) is 2.32. The van der Waals surface area contributed by atoms with Crippen LogP contribution in [0.25, 0.3) is 11.3 Å². The second-order valence-electron chi connectivity index (χ2n) is 4.98. The first-order chi connectivity index (χ1) is 9.44. The van der Waals surface area contributed by atoms with Gasteiger partial charge in [0, 0.05) is 16.2 Å². The van der Waals surface area contributed by atoms with Crippen molar-refractivity contribution in [3.05, 3.63) is 34.9 Å². The number of nitrogens with zero attached hydrogens (tertiary/aromatic N) is 2. The van der Waals surface area contributed by atoms with Gasteiger partial charge in [0.1, 0.15) is 5.69 Å². The Kier molecular flexibility index (Phi) is 3.33. The van der Waals surface area contributed by atoms with Gasteiger partial charge in [0.15, 0.2) is 9.84 Å². The lowest BCUT2D eigenvalue weighted by Crippen LogP contribution is -2.11. The van der Waals surface area contributed by atoms with Crippen molar-refractivity contribution in [2.75, 3.05) is 17.2 Å². The van der Waals surface area contributed by atoms with Gasteiger partial charge in [-0.1, -0.05) is 28.1 Å². The molecule has 20 heavy (non-hydrogen) atoms. The molecule has 0 bridgehead atoms. The molecule has 1 aromatic carbocycles. The number of anilines is 1. The lowest BCUT2D eigenvalue weighted by molar-refractivity contribution is 0.501. The minimum absolute atomic E-state index is 0.108. The zero-order valence-electron chi connectivity index (χ0n) is 10.7. The number of nitrogens with two attached hydrogens (primary N) is 1. The van der Waals surface area contributed by atoms with Crippen LogP contribution in [0, 0.1) is 0 Å². The number of hydrogen-bond donors (Lipinski definition) is 1. The Labute approximate surface area is 125 Å². The van der Waals surface area contributed by atoms with Gasteiger partial charge >= 0.3 is 0 Å². The van der Waals surface area contributed by atoms with Crippen molar-refractivity contribution in [1.82, 2.24) is 9.78 Å². The summed E-state index contributed by atoms with van der Waals surface area (Å²) in [5, 5.41) is 4.48. The van der Waals surface area contributed by atoms with Crippen LogP contribution in [0.5, 0.6) is 0 Å². The molecule has 1 atom stereocenters. The van der Waals surface area contributed by atoms with E-state index in [0.717, 1.165) is 10.0 Å². The van der Waals surface area contributed by atoms with E-state index >= 15 is 0 Å². The molecule has 2 aromatic rings. The van der Waals surface area contributed by atoms with E-state index in [1.54, 1.807) is 10.9 Å². The van der Waals surface area contributed by atoms with Gasteiger partial charge in [0.25, 0.3) is 0 Å². The maximum Gasteiger partial charge on any atom is 0.152 e. The summed E-state index contributed by atoms with van der Waals surface area (Å²) < 4.78 is 25.7. The van der Waals surface area contributed by atoms with Crippen LogP contribution in [0.2, 0.25) is 0 Å². The topological polar surface area (TPSA) is 78.0 Å². The SMILES string of the molecule is Nc1cn(C2CCS(=O)(=O)C2)nc1-c1cccc(Br)c1. The minimum atomic E-state index is -2.93. The van der Waals surface area contributed by atoms with Crippen molar-refractivity contribution < 1.29 is 8.42 Å². The van der Waals surface area contributed by atoms with Gasteiger partial charge in [0.05, 0.1) is 23.2 Å². The molecule has 3 rings (SSSR count). The summed E-state index contributed by atoms with van der Waals surface area (Å²) in [6, 6.07) is 7.61. The second-order valence-corrected chi connectivity index (χ2v) is 8.12. The zero-order chi connectivity index (χ0) is 14.3. The van der Waals surface area contributed by atoms with Gasteiger partial charge in [-0.05, 0) is 18.6 Å². The lowest BCUT2D eigenvalue weighted by atomic mass is 10.1. The second kappa shape index (κ2) is 4.89. The smallest absolute Gasteiger partial charge is 0.152 e. The first kappa shape index (κ1) is 13.6. The number of rotatable bonds is 2. The van der Waals surface area contributed by atoms with Gasteiger partial charge in [0.2, 0.25) is 0 Å². The van der Waals surface area contributed by atoms with E-state index in [1.807, 2.05) is 24.3 Å². The van der Waals surface area contributed by atoms with Crippen LogP contribution in [-0.4, -0.2) is 29.7 Å². The molecule has 7 heteroatoms. The van der Waals surface area contributed by atoms with Gasteiger partial charge in [-0.3, -0.25) is 4.68 Å². The highest BCUT2D eigenvalue weighted by atomic mass is 79.9. The molecular formula is C13H14BrN3O2S. The molecule has 0 aliphatic carbocycles. The Balaban J connectivity index is 1.96. The molecular weight excluding hydrogens is 342 g/mol. The Bertz CT molecular complexity index is 755. The summed E-state index contributed by atoms with van der Waals surface area (Å²) in [5.41, 5.74) is 8.18. The van der Waals surface area contributed by atoms with E-state index in [4.69, 9.17) is 5.73 Å². The van der Waals surface area contributed by atoms with Crippen LogP contribution in [0.15, 0.2) is 34.9 Å². The number of hydrogen-bond acceptors (Lipinski definition) is 4. The molecule has 1 unspecified atom stereocenters. The monoisotopic (exact) mass is 355 g/mol. The van der Waals surface area contributed by atoms with Crippen LogP contribution in [0.3, 0.4) is 0 Å². The Morgan fingerprint density at radius 2 is 2.20 bits per heavy atom. The molecule has 1 aliphatic heterocycles. The number of sulfone groups is 1. The van der Waals surface area contributed by atoms with Crippen molar-refractivity contribution in [2.24, 2.45) is 0 Å². The predicted molar refractivity (Wildman–Crippen MR) is 82.1 cm³/mol. The fraction of sp³-hybridized carbons (Fsp3) is 0.308. The molecule has 1 fully saturated rings. The first-order valence-electron chi connectivity index (χ1n) is 6.25. The van der Waals surface area contributed by atoms with Crippen molar-refractivity contribution in [1.29, 1.82) is 0 Å². The molecule has 5 nitrogen and oxygen atoms in total. The molecule has 106 valence electrons. The quantitative estimate of drug-likeness (QED) is 0.895. The summed E-state index contributed by atoms with van der Waals surface area (Å²) in [5.74, 6) is 0.371. The van der Waals surface area contributed by atoms with Crippen LogP contribution in [0.4, 0.5) is 5.69 Å². The number of halogens is 1. The molecule has 0 spiro atoms. The van der Waals surface area contributed by atoms with Crippen LogP contribution in [-0.2, 0) is 9.84 Å². The average Bonchev–Trinajstić information content (AvgIpc) is 2.92. The van der Waals surface area contributed by atoms with Crippen LogP contribution >= 0.6 is 15.9 Å². The molecule has 2 N–H and O–H groups in total. The van der Waals surface area contributed by atoms with E-state index in [0.29, 0.717) is 17.8 Å². The zero-order valence-corrected chi connectivity index (χ0v) is 13.1. The van der Waals surface area contributed by atoms with E-state index < -0.39 is 9.84 Å².